The molecule has 84 valence electrons. The van der Waals surface area contributed by atoms with Crippen molar-refractivity contribution in [2.75, 3.05) is 6.61 Å². The molecule has 0 aliphatic heterocycles. The highest BCUT2D eigenvalue weighted by molar-refractivity contribution is 9.10. The molecule has 0 heterocycles. The second kappa shape index (κ2) is 5.52. The molecule has 0 spiro atoms. The third-order valence-corrected chi connectivity index (χ3v) is 2.49. The lowest BCUT2D eigenvalue weighted by molar-refractivity contribution is 0.0641. The Morgan fingerprint density at radius 2 is 2.13 bits per heavy atom. The van der Waals surface area contributed by atoms with Crippen LogP contribution in [-0.2, 0) is 0 Å². The summed E-state index contributed by atoms with van der Waals surface area (Å²) in [5.74, 6) is 0.861. The molecule has 2 nitrogen and oxygen atoms in total. The van der Waals surface area contributed by atoms with E-state index in [9.17, 15) is 5.11 Å². The lowest BCUT2D eigenvalue weighted by atomic mass is 10.0. The van der Waals surface area contributed by atoms with E-state index in [4.69, 9.17) is 4.74 Å². The van der Waals surface area contributed by atoms with Crippen LogP contribution in [0.1, 0.15) is 26.7 Å². The normalized spacial score (nSPS) is 11.5. The van der Waals surface area contributed by atoms with E-state index in [2.05, 4.69) is 15.9 Å². The molecule has 0 saturated heterocycles. The molecule has 1 aromatic carbocycles. The van der Waals surface area contributed by atoms with Crippen molar-refractivity contribution in [3.8, 4) is 5.75 Å². The van der Waals surface area contributed by atoms with E-state index in [0.717, 1.165) is 23.1 Å². The standard InChI is InChI=1S/C12H17BrO2/c1-12(2,14)7-4-8-15-11-6-3-5-10(13)9-11/h3,5-6,9,14H,4,7-8H2,1-2H3. The minimum Gasteiger partial charge on any atom is -0.494 e. The van der Waals surface area contributed by atoms with Crippen molar-refractivity contribution >= 4 is 15.9 Å². The first-order chi connectivity index (χ1) is 6.97. The van der Waals surface area contributed by atoms with E-state index in [0.29, 0.717) is 6.61 Å². The van der Waals surface area contributed by atoms with Gasteiger partial charge in [-0.3, -0.25) is 0 Å². The molecule has 15 heavy (non-hydrogen) atoms. The van der Waals surface area contributed by atoms with E-state index in [1.807, 2.05) is 38.1 Å². The average Bonchev–Trinajstić information content (AvgIpc) is 2.11. The lowest BCUT2D eigenvalue weighted by Crippen LogP contribution is -2.19. The van der Waals surface area contributed by atoms with Crippen LogP contribution in [0.2, 0.25) is 0 Å². The molecule has 0 amide bonds. The Labute approximate surface area is 99.4 Å². The first-order valence-corrected chi connectivity index (χ1v) is 5.87. The number of hydrogen-bond acceptors (Lipinski definition) is 2. The van der Waals surface area contributed by atoms with Crippen molar-refractivity contribution in [2.24, 2.45) is 0 Å². The first kappa shape index (κ1) is 12.5. The topological polar surface area (TPSA) is 29.5 Å². The van der Waals surface area contributed by atoms with Gasteiger partial charge in [0.25, 0.3) is 0 Å². The SMILES string of the molecule is CC(C)(O)CCCOc1cccc(Br)c1. The van der Waals surface area contributed by atoms with Gasteiger partial charge in [-0.15, -0.1) is 0 Å². The molecule has 0 aliphatic carbocycles. The van der Waals surface area contributed by atoms with E-state index in [-0.39, 0.29) is 0 Å². The van der Waals surface area contributed by atoms with E-state index in [1.54, 1.807) is 0 Å². The Balaban J connectivity index is 2.26. The number of halogens is 1. The maximum atomic E-state index is 9.50. The van der Waals surface area contributed by atoms with Crippen LogP contribution in [-0.4, -0.2) is 17.3 Å². The van der Waals surface area contributed by atoms with Gasteiger partial charge in [-0.2, -0.15) is 0 Å². The second-order valence-electron chi connectivity index (χ2n) is 4.22. The molecule has 0 radical (unpaired) electrons. The fraction of sp³-hybridized carbons (Fsp3) is 0.500. The van der Waals surface area contributed by atoms with Crippen LogP contribution >= 0.6 is 15.9 Å². The largest absolute Gasteiger partial charge is 0.494 e. The molecular formula is C12H17BrO2. The van der Waals surface area contributed by atoms with Crippen LogP contribution in [0.4, 0.5) is 0 Å². The molecule has 0 aromatic heterocycles. The summed E-state index contributed by atoms with van der Waals surface area (Å²) in [6, 6.07) is 7.76. The van der Waals surface area contributed by atoms with Crippen molar-refractivity contribution in [2.45, 2.75) is 32.3 Å². The zero-order valence-electron chi connectivity index (χ0n) is 9.16. The number of aliphatic hydroxyl groups is 1. The van der Waals surface area contributed by atoms with E-state index < -0.39 is 5.60 Å². The number of hydrogen-bond donors (Lipinski definition) is 1. The third kappa shape index (κ3) is 5.80. The van der Waals surface area contributed by atoms with E-state index in [1.165, 1.54) is 0 Å². The fourth-order valence-corrected chi connectivity index (χ4v) is 1.63. The molecule has 0 fully saturated rings. The van der Waals surface area contributed by atoms with Crippen molar-refractivity contribution in [1.82, 2.24) is 0 Å². The Kier molecular flexibility index (Phi) is 4.61. The predicted molar refractivity (Wildman–Crippen MR) is 65.2 cm³/mol. The predicted octanol–water partition coefficient (Wildman–Crippen LogP) is 3.38. The summed E-state index contributed by atoms with van der Waals surface area (Å²) < 4.78 is 6.56. The molecule has 0 atom stereocenters. The van der Waals surface area contributed by atoms with Gasteiger partial charge in [0.15, 0.2) is 0 Å². The highest BCUT2D eigenvalue weighted by Gasteiger charge is 2.11. The quantitative estimate of drug-likeness (QED) is 0.833. The van der Waals surface area contributed by atoms with Crippen LogP contribution < -0.4 is 4.74 Å². The lowest BCUT2D eigenvalue weighted by Gasteiger charge is -2.16. The van der Waals surface area contributed by atoms with Crippen LogP contribution in [0, 0.1) is 0 Å². The number of benzene rings is 1. The minimum absolute atomic E-state index is 0.597. The Morgan fingerprint density at radius 1 is 1.40 bits per heavy atom. The maximum Gasteiger partial charge on any atom is 0.120 e. The highest BCUT2D eigenvalue weighted by atomic mass is 79.9. The third-order valence-electron chi connectivity index (χ3n) is 2.00. The van der Waals surface area contributed by atoms with Crippen LogP contribution in [0.3, 0.4) is 0 Å². The Bertz CT molecular complexity index is 305. The highest BCUT2D eigenvalue weighted by Crippen LogP contribution is 2.18. The fourth-order valence-electron chi connectivity index (χ4n) is 1.25. The Morgan fingerprint density at radius 3 is 2.73 bits per heavy atom. The number of ether oxygens (including phenoxy) is 1. The van der Waals surface area contributed by atoms with E-state index >= 15 is 0 Å². The first-order valence-electron chi connectivity index (χ1n) is 5.08. The van der Waals surface area contributed by atoms with Gasteiger partial charge in [0.05, 0.1) is 12.2 Å². The van der Waals surface area contributed by atoms with Gasteiger partial charge in [-0.1, -0.05) is 22.0 Å². The van der Waals surface area contributed by atoms with Crippen LogP contribution in [0.25, 0.3) is 0 Å². The molecule has 0 saturated carbocycles. The average molecular weight is 273 g/mol. The zero-order chi connectivity index (χ0) is 11.3. The summed E-state index contributed by atoms with van der Waals surface area (Å²) in [4.78, 5) is 0. The van der Waals surface area contributed by atoms with Gasteiger partial charge < -0.3 is 9.84 Å². The summed E-state index contributed by atoms with van der Waals surface area (Å²) in [6.07, 6.45) is 1.61. The monoisotopic (exact) mass is 272 g/mol. The molecule has 1 aromatic rings. The molecule has 0 bridgehead atoms. The second-order valence-corrected chi connectivity index (χ2v) is 5.14. The summed E-state index contributed by atoms with van der Waals surface area (Å²) >= 11 is 3.38. The Hall–Kier alpha value is -0.540. The van der Waals surface area contributed by atoms with Gasteiger partial charge in [-0.25, -0.2) is 0 Å². The minimum atomic E-state index is -0.597. The zero-order valence-corrected chi connectivity index (χ0v) is 10.8. The van der Waals surface area contributed by atoms with Crippen LogP contribution in [0.15, 0.2) is 28.7 Å². The molecule has 0 unspecified atom stereocenters. The van der Waals surface area contributed by atoms with Gasteiger partial charge in [0.1, 0.15) is 5.75 Å². The van der Waals surface area contributed by atoms with Gasteiger partial charge in [-0.05, 0) is 44.9 Å². The van der Waals surface area contributed by atoms with Gasteiger partial charge in [0.2, 0.25) is 0 Å². The van der Waals surface area contributed by atoms with Crippen molar-refractivity contribution in [1.29, 1.82) is 0 Å². The van der Waals surface area contributed by atoms with Gasteiger partial charge >= 0.3 is 0 Å². The number of rotatable bonds is 5. The molecule has 1 N–H and O–H groups in total. The smallest absolute Gasteiger partial charge is 0.120 e. The summed E-state index contributed by atoms with van der Waals surface area (Å²) in [5, 5.41) is 9.50. The summed E-state index contributed by atoms with van der Waals surface area (Å²) in [6.45, 7) is 4.26. The van der Waals surface area contributed by atoms with Gasteiger partial charge in [0, 0.05) is 4.47 Å². The van der Waals surface area contributed by atoms with Crippen LogP contribution in [0.5, 0.6) is 5.75 Å². The molecular weight excluding hydrogens is 256 g/mol. The van der Waals surface area contributed by atoms with Crippen molar-refractivity contribution < 1.29 is 9.84 Å². The van der Waals surface area contributed by atoms with Crippen molar-refractivity contribution in [3.63, 3.8) is 0 Å². The molecule has 3 heteroatoms. The molecule has 1 rings (SSSR count). The summed E-state index contributed by atoms with van der Waals surface area (Å²) in [7, 11) is 0. The van der Waals surface area contributed by atoms with Crippen molar-refractivity contribution in [3.05, 3.63) is 28.7 Å². The summed E-state index contributed by atoms with van der Waals surface area (Å²) in [5.41, 5.74) is -0.597. The maximum absolute atomic E-state index is 9.50. The molecule has 0 aliphatic rings.